The first kappa shape index (κ1) is 17.6. The first-order valence-corrected chi connectivity index (χ1v) is 8.07. The van der Waals surface area contributed by atoms with Crippen LogP contribution in [0.1, 0.15) is 31.0 Å². The maximum absolute atomic E-state index is 13.1. The quantitative estimate of drug-likeness (QED) is 0.936. The van der Waals surface area contributed by atoms with Gasteiger partial charge in [0.15, 0.2) is 6.29 Å². The fraction of sp³-hybridized carbons (Fsp3) is 0.368. The second kappa shape index (κ2) is 8.77. The molecule has 3 rings (SSSR count). The van der Waals surface area contributed by atoms with Crippen LogP contribution in [0.3, 0.4) is 0 Å². The number of aliphatic hydroxyl groups excluding tert-OH is 1. The Balaban J connectivity index is 0.000000924. The summed E-state index contributed by atoms with van der Waals surface area (Å²) >= 11 is 0. The van der Waals surface area contributed by atoms with E-state index in [1.165, 1.54) is 17.7 Å². The number of halogens is 1. The molecule has 1 fully saturated rings. The minimum atomic E-state index is -0.895. The Bertz CT molecular complexity index is 574. The molecule has 0 saturated carbocycles. The topological polar surface area (TPSA) is 32.7 Å². The van der Waals surface area contributed by atoms with E-state index in [2.05, 4.69) is 17.0 Å². The summed E-state index contributed by atoms with van der Waals surface area (Å²) in [5.41, 5.74) is 2.04. The molecule has 1 aliphatic rings. The van der Waals surface area contributed by atoms with Crippen molar-refractivity contribution in [2.45, 2.75) is 32.7 Å². The van der Waals surface area contributed by atoms with Gasteiger partial charge in [0.05, 0.1) is 12.6 Å². The zero-order valence-corrected chi connectivity index (χ0v) is 13.7. The Morgan fingerprint density at radius 1 is 1.09 bits per heavy atom. The van der Waals surface area contributed by atoms with Gasteiger partial charge >= 0.3 is 0 Å². The first-order valence-electron chi connectivity index (χ1n) is 8.07. The fourth-order valence-electron chi connectivity index (χ4n) is 2.73. The summed E-state index contributed by atoms with van der Waals surface area (Å²) in [6.07, 6.45) is -0.895. The fourth-order valence-corrected chi connectivity index (χ4v) is 2.73. The minimum Gasteiger partial charge on any atom is -0.366 e. The first-order chi connectivity index (χ1) is 11.2. The Labute approximate surface area is 137 Å². The molecule has 1 saturated heterocycles. The molecule has 2 unspecified atom stereocenters. The Morgan fingerprint density at radius 3 is 2.39 bits per heavy atom. The number of aliphatic hydroxyl groups is 1. The van der Waals surface area contributed by atoms with E-state index in [-0.39, 0.29) is 11.9 Å². The van der Waals surface area contributed by atoms with Crippen molar-refractivity contribution >= 4 is 0 Å². The molecule has 1 heterocycles. The summed E-state index contributed by atoms with van der Waals surface area (Å²) in [5.74, 6) is -0.278. The highest BCUT2D eigenvalue weighted by Crippen LogP contribution is 2.29. The van der Waals surface area contributed by atoms with E-state index in [1.54, 1.807) is 12.1 Å². The normalized spacial score (nSPS) is 21.4. The average molecular weight is 317 g/mol. The maximum Gasteiger partial charge on any atom is 0.174 e. The van der Waals surface area contributed by atoms with E-state index in [9.17, 15) is 9.50 Å². The molecule has 2 atom stereocenters. The SMILES string of the molecule is CC.OC1OCCN(Cc2ccccc2)C1c1ccc(F)cc1. The van der Waals surface area contributed by atoms with Crippen LogP contribution in [0.25, 0.3) is 0 Å². The number of ether oxygens (including phenoxy) is 1. The van der Waals surface area contributed by atoms with Crippen LogP contribution < -0.4 is 0 Å². The van der Waals surface area contributed by atoms with Gasteiger partial charge in [0.2, 0.25) is 0 Å². The summed E-state index contributed by atoms with van der Waals surface area (Å²) in [6.45, 7) is 5.95. The molecule has 1 N–H and O–H groups in total. The lowest BCUT2D eigenvalue weighted by atomic mass is 10.0. The molecule has 0 bridgehead atoms. The molecule has 0 aliphatic carbocycles. The van der Waals surface area contributed by atoms with Gasteiger partial charge in [-0.3, -0.25) is 4.90 Å². The molecule has 0 radical (unpaired) electrons. The van der Waals surface area contributed by atoms with Crippen molar-refractivity contribution < 1.29 is 14.2 Å². The van der Waals surface area contributed by atoms with Crippen molar-refractivity contribution in [3.05, 3.63) is 71.5 Å². The highest BCUT2D eigenvalue weighted by molar-refractivity contribution is 5.22. The lowest BCUT2D eigenvalue weighted by molar-refractivity contribution is -0.184. The number of rotatable bonds is 3. The summed E-state index contributed by atoms with van der Waals surface area (Å²) in [4.78, 5) is 2.16. The molecule has 124 valence electrons. The minimum absolute atomic E-state index is 0.278. The number of morpholine rings is 1. The van der Waals surface area contributed by atoms with Crippen LogP contribution in [-0.2, 0) is 11.3 Å². The van der Waals surface area contributed by atoms with Gasteiger partial charge in [-0.2, -0.15) is 0 Å². The third kappa shape index (κ3) is 4.61. The van der Waals surface area contributed by atoms with Gasteiger partial charge in [-0.25, -0.2) is 4.39 Å². The Morgan fingerprint density at radius 2 is 1.74 bits per heavy atom. The van der Waals surface area contributed by atoms with Crippen molar-refractivity contribution in [1.82, 2.24) is 4.90 Å². The second-order valence-electron chi connectivity index (χ2n) is 5.21. The third-order valence-electron chi connectivity index (χ3n) is 3.77. The lowest BCUT2D eigenvalue weighted by Gasteiger charge is -2.39. The van der Waals surface area contributed by atoms with E-state index in [0.29, 0.717) is 6.61 Å². The van der Waals surface area contributed by atoms with Gasteiger partial charge in [-0.05, 0) is 23.3 Å². The summed E-state index contributed by atoms with van der Waals surface area (Å²) in [6, 6.07) is 16.1. The molecule has 2 aromatic rings. The van der Waals surface area contributed by atoms with Crippen molar-refractivity contribution in [3.8, 4) is 0 Å². The van der Waals surface area contributed by atoms with Crippen LogP contribution in [0.4, 0.5) is 4.39 Å². The molecule has 4 heteroatoms. The van der Waals surface area contributed by atoms with Gasteiger partial charge in [0, 0.05) is 13.1 Å². The number of benzene rings is 2. The van der Waals surface area contributed by atoms with Gasteiger partial charge < -0.3 is 9.84 Å². The van der Waals surface area contributed by atoms with Crippen LogP contribution in [0, 0.1) is 5.82 Å². The Hall–Kier alpha value is -1.75. The number of nitrogens with zero attached hydrogens (tertiary/aromatic N) is 1. The van der Waals surface area contributed by atoms with Gasteiger partial charge in [-0.1, -0.05) is 56.3 Å². The van der Waals surface area contributed by atoms with E-state index in [4.69, 9.17) is 4.74 Å². The molecule has 1 aliphatic heterocycles. The Kier molecular flexibility index (Phi) is 6.71. The zero-order chi connectivity index (χ0) is 16.7. The van der Waals surface area contributed by atoms with Crippen LogP contribution in [-0.4, -0.2) is 29.4 Å². The summed E-state index contributed by atoms with van der Waals surface area (Å²) < 4.78 is 18.5. The molecule has 23 heavy (non-hydrogen) atoms. The molecule has 0 aromatic heterocycles. The van der Waals surface area contributed by atoms with Crippen molar-refractivity contribution in [3.63, 3.8) is 0 Å². The van der Waals surface area contributed by atoms with Crippen LogP contribution >= 0.6 is 0 Å². The number of hydrogen-bond donors (Lipinski definition) is 1. The maximum atomic E-state index is 13.1. The van der Waals surface area contributed by atoms with Crippen molar-refractivity contribution in [2.24, 2.45) is 0 Å². The molecular formula is C19H24FNO2. The van der Waals surface area contributed by atoms with Gasteiger partial charge in [0.25, 0.3) is 0 Å². The smallest absolute Gasteiger partial charge is 0.174 e. The zero-order valence-electron chi connectivity index (χ0n) is 13.7. The molecule has 0 spiro atoms. The second-order valence-corrected chi connectivity index (χ2v) is 5.21. The van der Waals surface area contributed by atoms with Crippen molar-refractivity contribution in [2.75, 3.05) is 13.2 Å². The van der Waals surface area contributed by atoms with Gasteiger partial charge in [0.1, 0.15) is 5.82 Å². The monoisotopic (exact) mass is 317 g/mol. The van der Waals surface area contributed by atoms with Crippen molar-refractivity contribution in [1.29, 1.82) is 0 Å². The highest BCUT2D eigenvalue weighted by Gasteiger charge is 2.32. The molecule has 0 amide bonds. The lowest BCUT2D eigenvalue weighted by Crippen LogP contribution is -2.44. The van der Waals surface area contributed by atoms with Crippen LogP contribution in [0.15, 0.2) is 54.6 Å². The van der Waals surface area contributed by atoms with E-state index in [0.717, 1.165) is 18.7 Å². The van der Waals surface area contributed by atoms with Crippen LogP contribution in [0.2, 0.25) is 0 Å². The molecule has 3 nitrogen and oxygen atoms in total. The number of hydrogen-bond acceptors (Lipinski definition) is 3. The average Bonchev–Trinajstić information content (AvgIpc) is 2.59. The predicted octanol–water partition coefficient (Wildman–Crippen LogP) is 3.74. The predicted molar refractivity (Wildman–Crippen MR) is 89.3 cm³/mol. The van der Waals surface area contributed by atoms with E-state index < -0.39 is 6.29 Å². The third-order valence-corrected chi connectivity index (χ3v) is 3.77. The molecule has 2 aromatic carbocycles. The summed E-state index contributed by atoms with van der Waals surface area (Å²) in [7, 11) is 0. The van der Waals surface area contributed by atoms with E-state index in [1.807, 2.05) is 32.0 Å². The molecular weight excluding hydrogens is 293 g/mol. The highest BCUT2D eigenvalue weighted by atomic mass is 19.1. The van der Waals surface area contributed by atoms with Gasteiger partial charge in [-0.15, -0.1) is 0 Å². The van der Waals surface area contributed by atoms with Crippen LogP contribution in [0.5, 0.6) is 0 Å². The largest absolute Gasteiger partial charge is 0.366 e. The standard InChI is InChI=1S/C17H18FNO2.C2H6/c18-15-8-6-14(7-9-15)16-17(20)21-11-10-19(16)12-13-4-2-1-3-5-13;1-2/h1-9,16-17,20H,10-12H2;1-2H3. The summed E-state index contributed by atoms with van der Waals surface area (Å²) in [5, 5.41) is 10.2. The van der Waals surface area contributed by atoms with E-state index >= 15 is 0 Å².